The Bertz CT molecular complexity index is 847. The van der Waals surface area contributed by atoms with E-state index in [0.717, 1.165) is 17.5 Å². The zero-order chi connectivity index (χ0) is 20.7. The molecule has 0 aliphatic carbocycles. The second-order valence-electron chi connectivity index (χ2n) is 5.89. The standard InChI is InChI=1S/C16H22Br2N5O4P/c1-3-9-19-28(26,20-10-8-17)27-11-12-4-6-13(7-5-12)14-15(18)21-16(22(14)2)23(24)25/h4-7H,3,8-11H2,1-2H3,(H2,19,20,26). The number of hydrogen-bond acceptors (Lipinski definition) is 5. The molecule has 1 unspecified atom stereocenters. The smallest absolute Gasteiger partial charge is 0.390 e. The molecule has 12 heteroatoms. The highest BCUT2D eigenvalue weighted by Gasteiger charge is 2.25. The zero-order valence-electron chi connectivity index (χ0n) is 15.5. The number of benzene rings is 1. The van der Waals surface area contributed by atoms with Crippen LogP contribution in [0.3, 0.4) is 0 Å². The van der Waals surface area contributed by atoms with Crippen LogP contribution in [0.1, 0.15) is 18.9 Å². The van der Waals surface area contributed by atoms with Crippen LogP contribution in [0.25, 0.3) is 11.3 Å². The molecule has 0 fully saturated rings. The molecule has 0 saturated carbocycles. The number of aromatic nitrogens is 2. The fourth-order valence-corrected chi connectivity index (χ4v) is 5.16. The molecular weight excluding hydrogens is 517 g/mol. The highest BCUT2D eigenvalue weighted by molar-refractivity contribution is 9.10. The molecule has 0 saturated heterocycles. The normalized spacial score (nSPS) is 13.4. The van der Waals surface area contributed by atoms with Gasteiger partial charge in [0.15, 0.2) is 5.69 Å². The van der Waals surface area contributed by atoms with Gasteiger partial charge in [-0.1, -0.05) is 52.1 Å². The van der Waals surface area contributed by atoms with E-state index >= 15 is 0 Å². The van der Waals surface area contributed by atoms with Crippen LogP contribution >= 0.6 is 39.5 Å². The van der Waals surface area contributed by atoms with E-state index in [2.05, 4.69) is 47.0 Å². The van der Waals surface area contributed by atoms with Gasteiger partial charge >= 0.3 is 13.6 Å². The summed E-state index contributed by atoms with van der Waals surface area (Å²) in [5.74, 6) is -0.241. The van der Waals surface area contributed by atoms with Crippen molar-refractivity contribution in [2.45, 2.75) is 20.0 Å². The molecule has 1 atom stereocenters. The molecule has 1 aromatic carbocycles. The van der Waals surface area contributed by atoms with Gasteiger partial charge in [-0.3, -0.25) is 4.57 Å². The monoisotopic (exact) mass is 537 g/mol. The first-order chi connectivity index (χ1) is 13.3. The summed E-state index contributed by atoms with van der Waals surface area (Å²) in [6.45, 7) is 3.25. The van der Waals surface area contributed by atoms with E-state index in [1.165, 1.54) is 4.57 Å². The lowest BCUT2D eigenvalue weighted by Crippen LogP contribution is -2.26. The maximum atomic E-state index is 12.8. The molecular formula is C16H22Br2N5O4P. The predicted octanol–water partition coefficient (Wildman–Crippen LogP) is 4.37. The number of hydrogen-bond donors (Lipinski definition) is 2. The largest absolute Gasteiger partial charge is 0.436 e. The minimum atomic E-state index is -3.14. The lowest BCUT2D eigenvalue weighted by Gasteiger charge is -2.20. The van der Waals surface area contributed by atoms with Crippen molar-refractivity contribution in [3.8, 4) is 11.3 Å². The van der Waals surface area contributed by atoms with E-state index in [-0.39, 0.29) is 12.6 Å². The Morgan fingerprint density at radius 3 is 2.46 bits per heavy atom. The van der Waals surface area contributed by atoms with Crippen molar-refractivity contribution in [3.63, 3.8) is 0 Å². The summed E-state index contributed by atoms with van der Waals surface area (Å²) in [4.78, 5) is 14.4. The highest BCUT2D eigenvalue weighted by Crippen LogP contribution is 2.38. The van der Waals surface area contributed by atoms with Crippen molar-refractivity contribution in [1.82, 2.24) is 19.7 Å². The minimum Gasteiger partial charge on any atom is -0.390 e. The average Bonchev–Trinajstić information content (AvgIpc) is 2.98. The molecule has 2 rings (SSSR count). The van der Waals surface area contributed by atoms with Crippen molar-refractivity contribution < 1.29 is 14.0 Å². The van der Waals surface area contributed by atoms with Crippen LogP contribution < -0.4 is 10.2 Å². The van der Waals surface area contributed by atoms with Gasteiger partial charge in [0.05, 0.1) is 13.7 Å². The van der Waals surface area contributed by atoms with Gasteiger partial charge in [-0.15, -0.1) is 0 Å². The quantitative estimate of drug-likeness (QED) is 0.189. The lowest BCUT2D eigenvalue weighted by molar-refractivity contribution is -0.396. The van der Waals surface area contributed by atoms with Crippen molar-refractivity contribution >= 4 is 45.5 Å². The third-order valence-electron chi connectivity index (χ3n) is 3.82. The van der Waals surface area contributed by atoms with Crippen LogP contribution in [0.2, 0.25) is 0 Å². The molecule has 9 nitrogen and oxygen atoms in total. The van der Waals surface area contributed by atoms with Gasteiger partial charge in [0.1, 0.15) is 0 Å². The SMILES string of the molecule is CCCNP(=O)(NCCBr)OCc1ccc(-c2c(Br)nc([N+](=O)[O-])n2C)cc1. The number of alkyl halides is 1. The molecule has 0 aliphatic rings. The topological polar surface area (TPSA) is 111 Å². The van der Waals surface area contributed by atoms with Crippen molar-refractivity contribution in [1.29, 1.82) is 0 Å². The molecule has 2 aromatic rings. The Labute approximate surface area is 180 Å². The van der Waals surface area contributed by atoms with Gasteiger partial charge in [0.2, 0.25) is 4.60 Å². The van der Waals surface area contributed by atoms with Crippen LogP contribution in [-0.4, -0.2) is 32.9 Å². The van der Waals surface area contributed by atoms with Gasteiger partial charge in [-0.25, -0.2) is 14.7 Å². The van der Waals surface area contributed by atoms with E-state index in [9.17, 15) is 14.7 Å². The second kappa shape index (κ2) is 10.6. The van der Waals surface area contributed by atoms with E-state index in [1.54, 1.807) is 7.05 Å². The molecule has 0 radical (unpaired) electrons. The maximum absolute atomic E-state index is 12.8. The molecule has 2 N–H and O–H groups in total. The lowest BCUT2D eigenvalue weighted by atomic mass is 10.1. The van der Waals surface area contributed by atoms with Gasteiger partial charge in [-0.2, -0.15) is 0 Å². The third-order valence-corrected chi connectivity index (χ3v) is 6.54. The Balaban J connectivity index is 2.12. The van der Waals surface area contributed by atoms with E-state index in [4.69, 9.17) is 4.52 Å². The first-order valence-corrected chi connectivity index (χ1v) is 12.1. The molecule has 28 heavy (non-hydrogen) atoms. The van der Waals surface area contributed by atoms with Crippen LogP contribution in [0.5, 0.6) is 0 Å². The van der Waals surface area contributed by atoms with Gasteiger partial charge in [0.25, 0.3) is 0 Å². The molecule has 1 aromatic heterocycles. The van der Waals surface area contributed by atoms with Crippen LogP contribution in [-0.2, 0) is 22.7 Å². The van der Waals surface area contributed by atoms with E-state index in [1.807, 2.05) is 31.2 Å². The third kappa shape index (κ3) is 5.95. The summed E-state index contributed by atoms with van der Waals surface area (Å²) in [7, 11) is -1.55. The average molecular weight is 539 g/mol. The summed E-state index contributed by atoms with van der Waals surface area (Å²) in [5, 5.41) is 17.6. The summed E-state index contributed by atoms with van der Waals surface area (Å²) in [6, 6.07) is 7.30. The summed E-state index contributed by atoms with van der Waals surface area (Å²) in [6.07, 6.45) is 0.837. The Kier molecular flexibility index (Phi) is 8.79. The number of nitro groups is 1. The first-order valence-electron chi connectivity index (χ1n) is 8.58. The fraction of sp³-hybridized carbons (Fsp3) is 0.438. The second-order valence-corrected chi connectivity index (χ2v) is 9.43. The molecule has 0 amide bonds. The zero-order valence-corrected chi connectivity index (χ0v) is 19.6. The minimum absolute atomic E-state index is 0.163. The van der Waals surface area contributed by atoms with Crippen LogP contribution in [0.4, 0.5) is 5.95 Å². The summed E-state index contributed by atoms with van der Waals surface area (Å²) >= 11 is 6.58. The number of nitrogens with one attached hydrogen (secondary N) is 2. The molecule has 1 heterocycles. The summed E-state index contributed by atoms with van der Waals surface area (Å²) in [5.41, 5.74) is 2.20. The molecule has 0 spiro atoms. The van der Waals surface area contributed by atoms with Crippen LogP contribution in [0, 0.1) is 10.1 Å². The van der Waals surface area contributed by atoms with Gasteiger partial charge in [-0.05, 0) is 32.8 Å². The molecule has 154 valence electrons. The van der Waals surface area contributed by atoms with Crippen molar-refractivity contribution in [2.75, 3.05) is 18.4 Å². The van der Waals surface area contributed by atoms with E-state index < -0.39 is 12.6 Å². The first kappa shape index (κ1) is 23.2. The van der Waals surface area contributed by atoms with Crippen molar-refractivity contribution in [3.05, 3.63) is 44.5 Å². The Morgan fingerprint density at radius 2 is 1.93 bits per heavy atom. The predicted molar refractivity (Wildman–Crippen MR) is 115 cm³/mol. The molecule has 0 aliphatic heterocycles. The number of halogens is 2. The number of rotatable bonds is 11. The van der Waals surface area contributed by atoms with Gasteiger partial charge < -0.3 is 14.6 Å². The number of imidazole rings is 1. The summed E-state index contributed by atoms with van der Waals surface area (Å²) < 4.78 is 20.3. The Morgan fingerprint density at radius 1 is 1.29 bits per heavy atom. The molecule has 0 bridgehead atoms. The highest BCUT2D eigenvalue weighted by atomic mass is 79.9. The van der Waals surface area contributed by atoms with Crippen molar-refractivity contribution in [2.24, 2.45) is 7.05 Å². The Hall–Kier alpha value is -1.10. The van der Waals surface area contributed by atoms with E-state index in [0.29, 0.717) is 28.7 Å². The maximum Gasteiger partial charge on any atom is 0.436 e. The fourth-order valence-electron chi connectivity index (χ4n) is 2.45. The number of nitrogens with zero attached hydrogens (tertiary/aromatic N) is 3. The van der Waals surface area contributed by atoms with Gasteiger partial charge in [0, 0.05) is 24.0 Å². The van der Waals surface area contributed by atoms with Crippen LogP contribution in [0.15, 0.2) is 28.9 Å².